The number of benzene rings is 2. The first-order valence-corrected chi connectivity index (χ1v) is 7.41. The van der Waals surface area contributed by atoms with Gasteiger partial charge in [-0.2, -0.15) is 0 Å². The lowest BCUT2D eigenvalue weighted by molar-refractivity contribution is -0.385. The van der Waals surface area contributed by atoms with Crippen molar-refractivity contribution < 1.29 is 19.6 Å². The molecule has 1 N–H and O–H groups in total. The Hall–Kier alpha value is -2.80. The molecule has 0 bridgehead atoms. The van der Waals surface area contributed by atoms with Crippen LogP contribution in [0.1, 0.15) is 15.9 Å². The van der Waals surface area contributed by atoms with E-state index >= 15 is 0 Å². The van der Waals surface area contributed by atoms with Gasteiger partial charge in [0.25, 0.3) is 5.69 Å². The topological polar surface area (TPSA) is 89.7 Å². The highest BCUT2D eigenvalue weighted by molar-refractivity contribution is 8.04. The SMILES string of the molecule is COc1cc(/C=C2/Sc3ccccc3C2=O)c([N+](=O)[O-])cc1O. The molecule has 2 aromatic rings. The van der Waals surface area contributed by atoms with Gasteiger partial charge in [0, 0.05) is 10.5 Å². The fraction of sp³-hybridized carbons (Fsp3) is 0.0625. The second-order valence-corrected chi connectivity index (χ2v) is 5.86. The number of nitrogens with zero attached hydrogens (tertiary/aromatic N) is 1. The molecular weight excluding hydrogens is 318 g/mol. The van der Waals surface area contributed by atoms with E-state index in [9.17, 15) is 20.0 Å². The molecule has 6 nitrogen and oxygen atoms in total. The van der Waals surface area contributed by atoms with Crippen LogP contribution in [0.25, 0.3) is 6.08 Å². The molecule has 0 saturated heterocycles. The Morgan fingerprint density at radius 2 is 2.04 bits per heavy atom. The van der Waals surface area contributed by atoms with Crippen LogP contribution in [0.2, 0.25) is 0 Å². The Morgan fingerprint density at radius 1 is 1.30 bits per heavy atom. The average Bonchev–Trinajstić information content (AvgIpc) is 2.85. The summed E-state index contributed by atoms with van der Waals surface area (Å²) in [5.41, 5.74) is 0.491. The lowest BCUT2D eigenvalue weighted by Crippen LogP contribution is -1.97. The number of Topliss-reactive ketones (excluding diaryl/α,β-unsaturated/α-hetero) is 1. The van der Waals surface area contributed by atoms with Gasteiger partial charge in [0.05, 0.1) is 28.6 Å². The first kappa shape index (κ1) is 15.1. The lowest BCUT2D eigenvalue weighted by Gasteiger charge is -2.06. The number of carbonyl (C=O) groups is 1. The number of nitro benzene ring substituents is 1. The molecule has 0 radical (unpaired) electrons. The third kappa shape index (κ3) is 2.66. The molecule has 0 unspecified atom stereocenters. The molecule has 0 fully saturated rings. The number of ether oxygens (including phenoxy) is 1. The number of allylic oxidation sites excluding steroid dienone is 1. The number of nitro groups is 1. The molecule has 0 aromatic heterocycles. The Labute approximate surface area is 135 Å². The number of ketones is 1. The van der Waals surface area contributed by atoms with Gasteiger partial charge in [-0.05, 0) is 24.3 Å². The van der Waals surface area contributed by atoms with E-state index in [2.05, 4.69) is 0 Å². The third-order valence-corrected chi connectivity index (χ3v) is 4.49. The summed E-state index contributed by atoms with van der Waals surface area (Å²) in [5, 5.41) is 20.9. The van der Waals surface area contributed by atoms with Crippen molar-refractivity contribution in [3.63, 3.8) is 0 Å². The van der Waals surface area contributed by atoms with Gasteiger partial charge in [-0.15, -0.1) is 0 Å². The second-order valence-electron chi connectivity index (χ2n) is 4.78. The van der Waals surface area contributed by atoms with Gasteiger partial charge in [0.15, 0.2) is 11.5 Å². The van der Waals surface area contributed by atoms with E-state index in [0.29, 0.717) is 10.5 Å². The zero-order valence-electron chi connectivity index (χ0n) is 12.0. The molecule has 0 aliphatic carbocycles. The average molecular weight is 329 g/mol. The minimum Gasteiger partial charge on any atom is -0.504 e. The van der Waals surface area contributed by atoms with Crippen molar-refractivity contribution in [3.05, 3.63) is 62.5 Å². The molecule has 23 heavy (non-hydrogen) atoms. The van der Waals surface area contributed by atoms with Crippen LogP contribution in [0.3, 0.4) is 0 Å². The maximum Gasteiger partial charge on any atom is 0.280 e. The summed E-state index contributed by atoms with van der Waals surface area (Å²) in [4.78, 5) is 24.1. The van der Waals surface area contributed by atoms with Crippen molar-refractivity contribution in [2.24, 2.45) is 0 Å². The van der Waals surface area contributed by atoms with Gasteiger partial charge in [-0.1, -0.05) is 23.9 Å². The number of fused-ring (bicyclic) bond motifs is 1. The summed E-state index contributed by atoms with van der Waals surface area (Å²) in [5.74, 6) is -0.391. The highest BCUT2D eigenvalue weighted by Gasteiger charge is 2.27. The number of carbonyl (C=O) groups excluding carboxylic acids is 1. The van der Waals surface area contributed by atoms with E-state index in [-0.39, 0.29) is 28.5 Å². The number of thioether (sulfide) groups is 1. The summed E-state index contributed by atoms with van der Waals surface area (Å²) in [6, 6.07) is 9.50. The van der Waals surface area contributed by atoms with Crippen molar-refractivity contribution in [2.75, 3.05) is 7.11 Å². The van der Waals surface area contributed by atoms with E-state index in [1.807, 2.05) is 12.1 Å². The summed E-state index contributed by atoms with van der Waals surface area (Å²) in [6.07, 6.45) is 1.45. The fourth-order valence-electron chi connectivity index (χ4n) is 2.29. The van der Waals surface area contributed by atoms with Gasteiger partial charge in [0.1, 0.15) is 0 Å². The predicted molar refractivity (Wildman–Crippen MR) is 85.9 cm³/mol. The van der Waals surface area contributed by atoms with Gasteiger partial charge >= 0.3 is 0 Å². The highest BCUT2D eigenvalue weighted by atomic mass is 32.2. The normalized spacial score (nSPS) is 14.8. The number of rotatable bonds is 3. The highest BCUT2D eigenvalue weighted by Crippen LogP contribution is 2.42. The zero-order valence-corrected chi connectivity index (χ0v) is 12.8. The Bertz CT molecular complexity index is 860. The summed E-state index contributed by atoms with van der Waals surface area (Å²) >= 11 is 1.26. The van der Waals surface area contributed by atoms with Gasteiger partial charge in [-0.25, -0.2) is 0 Å². The zero-order chi connectivity index (χ0) is 16.6. The smallest absolute Gasteiger partial charge is 0.280 e. The molecule has 0 atom stereocenters. The number of methoxy groups -OCH3 is 1. The van der Waals surface area contributed by atoms with Gasteiger partial charge in [-0.3, -0.25) is 14.9 Å². The Kier molecular flexibility index (Phi) is 3.79. The van der Waals surface area contributed by atoms with Crippen LogP contribution in [0.15, 0.2) is 46.2 Å². The molecule has 7 heteroatoms. The standard InChI is InChI=1S/C16H11NO5S/c1-22-13-6-9(11(17(20)21)8-12(13)18)7-15-16(19)10-4-2-3-5-14(10)23-15/h2-8,18H,1H3/b15-7+. The van der Waals surface area contributed by atoms with Gasteiger partial charge < -0.3 is 9.84 Å². The first-order chi connectivity index (χ1) is 11.0. The van der Waals surface area contributed by atoms with Crippen LogP contribution >= 0.6 is 11.8 Å². The predicted octanol–water partition coefficient (Wildman–Crippen LogP) is 3.64. The van der Waals surface area contributed by atoms with Crippen LogP contribution in [-0.2, 0) is 0 Å². The van der Waals surface area contributed by atoms with Crippen molar-refractivity contribution in [1.29, 1.82) is 0 Å². The third-order valence-electron chi connectivity index (χ3n) is 3.39. The van der Waals surface area contributed by atoms with Crippen LogP contribution in [-0.4, -0.2) is 22.9 Å². The molecule has 116 valence electrons. The Morgan fingerprint density at radius 3 is 2.70 bits per heavy atom. The summed E-state index contributed by atoms with van der Waals surface area (Å²) in [7, 11) is 1.35. The second kappa shape index (κ2) is 5.77. The van der Waals surface area contributed by atoms with Crippen molar-refractivity contribution in [2.45, 2.75) is 4.90 Å². The quantitative estimate of drug-likeness (QED) is 0.525. The molecule has 0 saturated carbocycles. The summed E-state index contributed by atoms with van der Waals surface area (Å²) < 4.78 is 4.98. The number of phenols is 1. The largest absolute Gasteiger partial charge is 0.504 e. The van der Waals surface area contributed by atoms with Crippen molar-refractivity contribution in [1.82, 2.24) is 0 Å². The molecule has 2 aromatic carbocycles. The molecule has 0 spiro atoms. The van der Waals surface area contributed by atoms with Crippen molar-refractivity contribution >= 4 is 29.3 Å². The molecular formula is C16H11NO5S. The minimum absolute atomic E-state index is 0.107. The molecule has 1 heterocycles. The molecule has 0 amide bonds. The monoisotopic (exact) mass is 329 g/mol. The maximum absolute atomic E-state index is 12.4. The molecule has 3 rings (SSSR count). The first-order valence-electron chi connectivity index (χ1n) is 6.60. The molecule has 1 aliphatic heterocycles. The number of phenolic OH excluding ortho intramolecular Hbond substituents is 1. The van der Waals surface area contributed by atoms with Crippen LogP contribution in [0, 0.1) is 10.1 Å². The van der Waals surface area contributed by atoms with E-state index in [4.69, 9.17) is 4.74 Å². The maximum atomic E-state index is 12.4. The fourth-order valence-corrected chi connectivity index (χ4v) is 3.33. The lowest BCUT2D eigenvalue weighted by atomic mass is 10.1. The van der Waals surface area contributed by atoms with Crippen LogP contribution in [0.4, 0.5) is 5.69 Å². The number of aromatic hydroxyl groups is 1. The number of hydrogen-bond donors (Lipinski definition) is 1. The van der Waals surface area contributed by atoms with E-state index in [1.165, 1.54) is 31.0 Å². The van der Waals surface area contributed by atoms with E-state index < -0.39 is 4.92 Å². The molecule has 1 aliphatic rings. The number of hydrogen-bond acceptors (Lipinski definition) is 6. The van der Waals surface area contributed by atoms with E-state index in [0.717, 1.165) is 11.0 Å². The minimum atomic E-state index is -0.608. The van der Waals surface area contributed by atoms with Crippen LogP contribution < -0.4 is 4.74 Å². The van der Waals surface area contributed by atoms with Gasteiger partial charge in [0.2, 0.25) is 5.78 Å². The Balaban J connectivity index is 2.10. The van der Waals surface area contributed by atoms with Crippen LogP contribution in [0.5, 0.6) is 11.5 Å². The van der Waals surface area contributed by atoms with Crippen molar-refractivity contribution in [3.8, 4) is 11.5 Å². The van der Waals surface area contributed by atoms with E-state index in [1.54, 1.807) is 12.1 Å². The summed E-state index contributed by atoms with van der Waals surface area (Å²) in [6.45, 7) is 0.